The SMILES string of the molecule is C=Cc1cc(-c2cnn3c(N)c(S(C)(=O)=O)c(C4CC5CCC(C4)N5C(=O)c4nnccc4C)nc23)cc2cc(F)ccc12. The Kier molecular flexibility index (Phi) is 6.50. The van der Waals surface area contributed by atoms with Gasteiger partial charge >= 0.3 is 0 Å². The van der Waals surface area contributed by atoms with E-state index in [0.29, 0.717) is 40.8 Å². The molecule has 0 spiro atoms. The zero-order valence-corrected chi connectivity index (χ0v) is 25.1. The fourth-order valence-corrected chi connectivity index (χ4v) is 8.09. The van der Waals surface area contributed by atoms with E-state index in [1.165, 1.54) is 16.6 Å². The molecule has 5 heterocycles. The molecule has 2 fully saturated rings. The molecule has 5 aromatic rings. The Balaban J connectivity index is 1.34. The van der Waals surface area contributed by atoms with Gasteiger partial charge in [-0.2, -0.15) is 14.7 Å². The molecule has 10 nitrogen and oxygen atoms in total. The van der Waals surface area contributed by atoms with Gasteiger partial charge < -0.3 is 10.6 Å². The molecular weight excluding hydrogens is 581 g/mol. The van der Waals surface area contributed by atoms with Crippen LogP contribution in [0.15, 0.2) is 60.3 Å². The van der Waals surface area contributed by atoms with Gasteiger partial charge in [0.1, 0.15) is 16.5 Å². The fourth-order valence-electron chi connectivity index (χ4n) is 7.03. The van der Waals surface area contributed by atoms with E-state index in [1.54, 1.807) is 30.6 Å². The first kappa shape index (κ1) is 28.1. The summed E-state index contributed by atoms with van der Waals surface area (Å²) < 4.78 is 41.9. The van der Waals surface area contributed by atoms with Crippen molar-refractivity contribution in [1.29, 1.82) is 0 Å². The van der Waals surface area contributed by atoms with E-state index in [4.69, 9.17) is 10.7 Å². The van der Waals surface area contributed by atoms with Crippen molar-refractivity contribution in [2.45, 2.75) is 55.5 Å². The number of nitrogens with two attached hydrogens (primary N) is 1. The van der Waals surface area contributed by atoms with Crippen LogP contribution < -0.4 is 5.73 Å². The van der Waals surface area contributed by atoms with Crippen molar-refractivity contribution >= 4 is 44.1 Å². The number of fused-ring (bicyclic) bond motifs is 4. The Bertz CT molecular complexity index is 2110. The number of piperidine rings is 1. The van der Waals surface area contributed by atoms with E-state index in [0.717, 1.165) is 41.2 Å². The van der Waals surface area contributed by atoms with Crippen molar-refractivity contribution in [2.24, 2.45) is 0 Å². The van der Waals surface area contributed by atoms with Crippen molar-refractivity contribution in [1.82, 2.24) is 29.7 Å². The fraction of sp³-hybridized carbons (Fsp3) is 0.281. The number of carbonyl (C=O) groups is 1. The van der Waals surface area contributed by atoms with E-state index >= 15 is 0 Å². The summed E-state index contributed by atoms with van der Waals surface area (Å²) in [6, 6.07) is 9.91. The number of nitrogen functional groups attached to an aromatic ring is 1. The van der Waals surface area contributed by atoms with Crippen molar-refractivity contribution < 1.29 is 17.6 Å². The van der Waals surface area contributed by atoms with Gasteiger partial charge in [-0.3, -0.25) is 4.79 Å². The molecule has 3 aromatic heterocycles. The Morgan fingerprint density at radius 3 is 2.57 bits per heavy atom. The van der Waals surface area contributed by atoms with Crippen molar-refractivity contribution in [3.63, 3.8) is 0 Å². The van der Waals surface area contributed by atoms with E-state index < -0.39 is 9.84 Å². The average molecular weight is 612 g/mol. The molecule has 2 N–H and O–H groups in total. The van der Waals surface area contributed by atoms with E-state index in [-0.39, 0.29) is 40.4 Å². The predicted octanol–water partition coefficient (Wildman–Crippen LogP) is 4.97. The third-order valence-corrected chi connectivity index (χ3v) is 10.2. The number of hydrogen-bond donors (Lipinski definition) is 1. The number of nitrogens with zero attached hydrogens (tertiary/aromatic N) is 6. The molecule has 2 aliphatic rings. The van der Waals surface area contributed by atoms with Crippen molar-refractivity contribution in [3.8, 4) is 11.1 Å². The highest BCUT2D eigenvalue weighted by molar-refractivity contribution is 7.91. The lowest BCUT2D eigenvalue weighted by molar-refractivity contribution is 0.0560. The molecular formula is C32H30FN7O3S. The number of halogens is 1. The minimum absolute atomic E-state index is 0.0180. The van der Waals surface area contributed by atoms with Gasteiger partial charge in [0, 0.05) is 36.0 Å². The van der Waals surface area contributed by atoms with Crippen LogP contribution in [0.4, 0.5) is 10.2 Å². The van der Waals surface area contributed by atoms with Crippen LogP contribution in [0.2, 0.25) is 0 Å². The maximum Gasteiger partial charge on any atom is 0.275 e. The Hall–Kier alpha value is -4.71. The Morgan fingerprint density at radius 2 is 1.89 bits per heavy atom. The van der Waals surface area contributed by atoms with Gasteiger partial charge in [-0.25, -0.2) is 17.8 Å². The molecule has 0 radical (unpaired) electrons. The van der Waals surface area contributed by atoms with E-state index in [2.05, 4.69) is 21.9 Å². The Morgan fingerprint density at radius 1 is 1.14 bits per heavy atom. The number of amides is 1. The van der Waals surface area contributed by atoms with Crippen molar-refractivity contribution in [2.75, 3.05) is 12.0 Å². The lowest BCUT2D eigenvalue weighted by Gasteiger charge is -2.39. The molecule has 0 saturated carbocycles. The monoisotopic (exact) mass is 611 g/mol. The Labute approximate surface area is 253 Å². The standard InChI is InChI=1S/C32H30FN7O3S/c1-4-18-11-19(12-20-13-22(33)5-8-25(18)20)26-16-36-40-30(34)29(44(3,42)43)28(37-31(26)40)21-14-23-6-7-24(15-21)39(23)32(41)27-17(2)9-10-35-38-27/h4-5,8-13,16,21,23-24H,1,6-7,14-15,34H2,2-3H3. The molecule has 44 heavy (non-hydrogen) atoms. The van der Waals surface area contributed by atoms with E-state index in [9.17, 15) is 17.6 Å². The molecule has 12 heteroatoms. The highest BCUT2D eigenvalue weighted by Gasteiger charge is 2.46. The molecule has 1 amide bonds. The number of carbonyl (C=O) groups excluding carboxylic acids is 1. The second-order valence-corrected chi connectivity index (χ2v) is 13.7. The maximum absolute atomic E-state index is 14.2. The summed E-state index contributed by atoms with van der Waals surface area (Å²) in [5.41, 5.74) is 10.6. The van der Waals surface area contributed by atoms with Crippen LogP contribution in [0.5, 0.6) is 0 Å². The number of sulfone groups is 1. The zero-order valence-electron chi connectivity index (χ0n) is 24.2. The first-order valence-corrected chi connectivity index (χ1v) is 16.3. The molecule has 224 valence electrons. The van der Waals surface area contributed by atoms with Gasteiger partial charge in [-0.05, 0) is 90.4 Å². The highest BCUT2D eigenvalue weighted by atomic mass is 32.2. The third kappa shape index (κ3) is 4.43. The van der Waals surface area contributed by atoms with Gasteiger partial charge in [-0.1, -0.05) is 18.7 Å². The quantitative estimate of drug-likeness (QED) is 0.294. The number of rotatable bonds is 5. The smallest absolute Gasteiger partial charge is 0.275 e. The lowest BCUT2D eigenvalue weighted by Crippen LogP contribution is -2.46. The zero-order chi connectivity index (χ0) is 30.9. The van der Waals surface area contributed by atoms with Crippen LogP contribution in [-0.4, -0.2) is 62.4 Å². The highest BCUT2D eigenvalue weighted by Crippen LogP contribution is 2.46. The second-order valence-electron chi connectivity index (χ2n) is 11.7. The molecule has 7 rings (SSSR count). The van der Waals surface area contributed by atoms with Gasteiger partial charge in [0.05, 0.1) is 11.9 Å². The third-order valence-electron chi connectivity index (χ3n) is 8.99. The molecule has 2 aliphatic heterocycles. The molecule has 2 saturated heterocycles. The normalized spacial score (nSPS) is 20.0. The summed E-state index contributed by atoms with van der Waals surface area (Å²) in [4.78, 5) is 20.4. The van der Waals surface area contributed by atoms with Gasteiger partial charge in [0.15, 0.2) is 21.2 Å². The number of aromatic nitrogens is 5. The minimum atomic E-state index is -3.80. The van der Waals surface area contributed by atoms with Crippen LogP contribution in [0.25, 0.3) is 33.6 Å². The summed E-state index contributed by atoms with van der Waals surface area (Å²) >= 11 is 0. The first-order chi connectivity index (χ1) is 21.0. The maximum atomic E-state index is 14.2. The van der Waals surface area contributed by atoms with Crippen LogP contribution in [0.3, 0.4) is 0 Å². The second kappa shape index (κ2) is 10.2. The number of hydrogen-bond acceptors (Lipinski definition) is 8. The molecule has 2 unspecified atom stereocenters. The molecule has 2 atom stereocenters. The average Bonchev–Trinajstić information content (AvgIpc) is 3.53. The summed E-state index contributed by atoms with van der Waals surface area (Å²) in [6.45, 7) is 5.76. The summed E-state index contributed by atoms with van der Waals surface area (Å²) in [5, 5.41) is 14.0. The number of anilines is 1. The minimum Gasteiger partial charge on any atom is -0.382 e. The van der Waals surface area contributed by atoms with Gasteiger partial charge in [0.2, 0.25) is 0 Å². The van der Waals surface area contributed by atoms with Gasteiger partial charge in [-0.15, -0.1) is 5.10 Å². The number of benzene rings is 2. The summed E-state index contributed by atoms with van der Waals surface area (Å²) in [7, 11) is -3.80. The summed E-state index contributed by atoms with van der Waals surface area (Å²) in [5.74, 6) is -0.790. The summed E-state index contributed by atoms with van der Waals surface area (Å²) in [6.07, 6.45) is 8.65. The van der Waals surface area contributed by atoms with Crippen LogP contribution in [0.1, 0.15) is 58.9 Å². The van der Waals surface area contributed by atoms with Crippen LogP contribution in [0, 0.1) is 12.7 Å². The van der Waals surface area contributed by atoms with E-state index in [1.807, 2.05) is 24.0 Å². The largest absolute Gasteiger partial charge is 0.382 e. The molecule has 0 aliphatic carbocycles. The van der Waals surface area contributed by atoms with Crippen LogP contribution in [-0.2, 0) is 9.84 Å². The predicted molar refractivity (Wildman–Crippen MR) is 165 cm³/mol. The topological polar surface area (TPSA) is 136 Å². The molecule has 2 bridgehead atoms. The van der Waals surface area contributed by atoms with Gasteiger partial charge in [0.25, 0.3) is 5.91 Å². The molecule has 2 aromatic carbocycles. The van der Waals surface area contributed by atoms with Crippen molar-refractivity contribution in [3.05, 3.63) is 83.7 Å². The first-order valence-electron chi connectivity index (χ1n) is 14.4. The lowest BCUT2D eigenvalue weighted by atomic mass is 9.87. The number of aryl methyl sites for hydroxylation is 1. The van der Waals surface area contributed by atoms with Crippen LogP contribution >= 0.6 is 0 Å².